The molecule has 4 aromatic carbocycles. The summed E-state index contributed by atoms with van der Waals surface area (Å²) in [6, 6.07) is 24.3. The number of unbranched alkanes of at least 4 members (excludes halogenated alkanes) is 12. The first kappa shape index (κ1) is 44.4. The van der Waals surface area contributed by atoms with Gasteiger partial charge >= 0.3 is 17.9 Å². The third-order valence-corrected chi connectivity index (χ3v) is 9.31. The Morgan fingerprint density at radius 3 is 0.825 bits per heavy atom. The molecule has 0 aliphatic carbocycles. The van der Waals surface area contributed by atoms with Gasteiger partial charge in [-0.05, 0) is 92.1 Å². The minimum absolute atomic E-state index is 0.0193. The molecule has 0 amide bonds. The van der Waals surface area contributed by atoms with Gasteiger partial charge in [-0.25, -0.2) is 14.4 Å². The topological polar surface area (TPSA) is 107 Å². The molecule has 0 atom stereocenters. The highest BCUT2D eigenvalue weighted by atomic mass is 16.6. The molecule has 4 rings (SSSR count). The zero-order valence-electron chi connectivity index (χ0n) is 34.1. The molecule has 0 aliphatic rings. The van der Waals surface area contributed by atoms with Gasteiger partial charge in [0, 0.05) is 18.2 Å². The lowest BCUT2D eigenvalue weighted by molar-refractivity contribution is 0.0730. The molecule has 0 radical (unpaired) electrons. The Balaban J connectivity index is 1.42. The molecule has 57 heavy (non-hydrogen) atoms. The van der Waals surface area contributed by atoms with Crippen molar-refractivity contribution in [3.05, 3.63) is 108 Å². The fourth-order valence-electron chi connectivity index (χ4n) is 5.97. The first-order chi connectivity index (χ1) is 27.9. The van der Waals surface area contributed by atoms with Crippen LogP contribution in [0.5, 0.6) is 34.5 Å². The molecule has 306 valence electrons. The first-order valence-corrected chi connectivity index (χ1v) is 20.9. The number of hydrogen-bond acceptors (Lipinski definition) is 9. The van der Waals surface area contributed by atoms with Gasteiger partial charge in [-0.3, -0.25) is 0 Å². The number of hydrogen-bond donors (Lipinski definition) is 0. The summed E-state index contributed by atoms with van der Waals surface area (Å²) in [7, 11) is 0. The molecule has 0 spiro atoms. The molecule has 0 unspecified atom stereocenters. The van der Waals surface area contributed by atoms with Crippen LogP contribution in [-0.4, -0.2) is 37.7 Å². The predicted molar refractivity (Wildman–Crippen MR) is 223 cm³/mol. The number of benzene rings is 4. The summed E-state index contributed by atoms with van der Waals surface area (Å²) in [6.45, 7) is 8.37. The minimum atomic E-state index is -0.649. The van der Waals surface area contributed by atoms with Crippen LogP contribution in [0.25, 0.3) is 0 Å². The maximum Gasteiger partial charge on any atom is 0.343 e. The van der Waals surface area contributed by atoms with E-state index in [1.165, 1.54) is 76.0 Å². The van der Waals surface area contributed by atoms with E-state index in [2.05, 4.69) is 20.8 Å². The summed E-state index contributed by atoms with van der Waals surface area (Å²) >= 11 is 0. The van der Waals surface area contributed by atoms with Crippen molar-refractivity contribution < 1.29 is 42.8 Å². The average molecular weight is 781 g/mol. The molecule has 9 nitrogen and oxygen atoms in total. The largest absolute Gasteiger partial charge is 0.494 e. The van der Waals surface area contributed by atoms with Crippen molar-refractivity contribution in [3.8, 4) is 34.5 Å². The van der Waals surface area contributed by atoms with Crippen molar-refractivity contribution in [3.63, 3.8) is 0 Å². The van der Waals surface area contributed by atoms with Crippen molar-refractivity contribution in [2.75, 3.05) is 19.8 Å². The number of rotatable bonds is 27. The lowest BCUT2D eigenvalue weighted by Crippen LogP contribution is -2.12. The fourth-order valence-corrected chi connectivity index (χ4v) is 5.97. The smallest absolute Gasteiger partial charge is 0.343 e. The highest BCUT2D eigenvalue weighted by Gasteiger charge is 2.17. The number of carbonyl (C=O) groups excluding carboxylic acids is 3. The van der Waals surface area contributed by atoms with Gasteiger partial charge in [0.15, 0.2) is 0 Å². The van der Waals surface area contributed by atoms with Gasteiger partial charge in [0.1, 0.15) is 34.5 Å². The predicted octanol–water partition coefficient (Wildman–Crippen LogP) is 12.4. The van der Waals surface area contributed by atoms with Crippen LogP contribution in [0.2, 0.25) is 0 Å². The van der Waals surface area contributed by atoms with Crippen LogP contribution in [-0.2, 0) is 0 Å². The molecule has 0 fully saturated rings. The van der Waals surface area contributed by atoms with Crippen molar-refractivity contribution >= 4 is 17.9 Å². The van der Waals surface area contributed by atoms with E-state index in [9.17, 15) is 14.4 Å². The third kappa shape index (κ3) is 16.8. The fraction of sp³-hybridized carbons (Fsp3) is 0.438. The van der Waals surface area contributed by atoms with Crippen molar-refractivity contribution in [1.29, 1.82) is 0 Å². The molecule has 4 aromatic rings. The monoisotopic (exact) mass is 780 g/mol. The summed E-state index contributed by atoms with van der Waals surface area (Å²) in [5.74, 6) is 0.0939. The SMILES string of the molecule is CCCCCCCOc1ccc(C(=O)Oc2cc(OC(=O)c3ccc(OCCCCCCC)cc3)cc(OC(=O)c3ccc(OCCCCCCC)cc3)c2)cc1. The normalized spacial score (nSPS) is 10.8. The highest BCUT2D eigenvalue weighted by Crippen LogP contribution is 2.30. The Hall–Kier alpha value is -5.31. The van der Waals surface area contributed by atoms with Gasteiger partial charge < -0.3 is 28.4 Å². The molecule has 9 heteroatoms. The van der Waals surface area contributed by atoms with E-state index in [0.29, 0.717) is 37.1 Å². The molecule has 0 aliphatic heterocycles. The Morgan fingerprint density at radius 1 is 0.333 bits per heavy atom. The lowest BCUT2D eigenvalue weighted by Gasteiger charge is -2.12. The van der Waals surface area contributed by atoms with Crippen LogP contribution >= 0.6 is 0 Å². The zero-order chi connectivity index (χ0) is 40.5. The molecule has 0 heterocycles. The number of carbonyl (C=O) groups is 3. The number of ether oxygens (including phenoxy) is 6. The van der Waals surface area contributed by atoms with Gasteiger partial charge in [0.25, 0.3) is 0 Å². The van der Waals surface area contributed by atoms with E-state index in [1.807, 2.05) is 0 Å². The second kappa shape index (κ2) is 25.8. The zero-order valence-corrected chi connectivity index (χ0v) is 34.1. The van der Waals surface area contributed by atoms with Crippen LogP contribution < -0.4 is 28.4 Å². The van der Waals surface area contributed by atoms with E-state index >= 15 is 0 Å². The Labute approximate surface area is 339 Å². The number of esters is 3. The van der Waals surface area contributed by atoms with Gasteiger partial charge in [-0.2, -0.15) is 0 Å². The summed E-state index contributed by atoms with van der Waals surface area (Å²) in [6.07, 6.45) is 17.0. The van der Waals surface area contributed by atoms with Crippen LogP contribution in [0.3, 0.4) is 0 Å². The highest BCUT2D eigenvalue weighted by molar-refractivity contribution is 5.93. The molecule has 0 aromatic heterocycles. The quantitative estimate of drug-likeness (QED) is 0.0332. The molecular formula is C48H60O9. The molecular weight excluding hydrogens is 721 g/mol. The molecule has 0 N–H and O–H groups in total. The van der Waals surface area contributed by atoms with Crippen LogP contribution in [0.4, 0.5) is 0 Å². The van der Waals surface area contributed by atoms with E-state index in [-0.39, 0.29) is 33.9 Å². The van der Waals surface area contributed by atoms with Crippen LogP contribution in [0.15, 0.2) is 91.0 Å². The Bertz CT molecular complexity index is 1550. The summed E-state index contributed by atoms with van der Waals surface area (Å²) < 4.78 is 34.6. The maximum absolute atomic E-state index is 13.2. The molecule has 0 saturated heterocycles. The van der Waals surface area contributed by atoms with Crippen LogP contribution in [0.1, 0.15) is 148 Å². The third-order valence-electron chi connectivity index (χ3n) is 9.31. The van der Waals surface area contributed by atoms with Crippen molar-refractivity contribution in [2.24, 2.45) is 0 Å². The average Bonchev–Trinajstić information content (AvgIpc) is 3.22. The minimum Gasteiger partial charge on any atom is -0.494 e. The molecule has 0 bridgehead atoms. The summed E-state index contributed by atoms with van der Waals surface area (Å²) in [5, 5.41) is 0. The first-order valence-electron chi connectivity index (χ1n) is 20.9. The van der Waals surface area contributed by atoms with E-state index in [0.717, 1.165) is 38.5 Å². The van der Waals surface area contributed by atoms with Gasteiger partial charge in [-0.1, -0.05) is 97.8 Å². The Morgan fingerprint density at radius 2 is 0.579 bits per heavy atom. The van der Waals surface area contributed by atoms with Crippen molar-refractivity contribution in [2.45, 2.75) is 117 Å². The van der Waals surface area contributed by atoms with E-state index in [1.54, 1.807) is 72.8 Å². The molecule has 0 saturated carbocycles. The second-order valence-corrected chi connectivity index (χ2v) is 14.2. The van der Waals surface area contributed by atoms with E-state index < -0.39 is 17.9 Å². The lowest BCUT2D eigenvalue weighted by atomic mass is 10.2. The summed E-state index contributed by atoms with van der Waals surface area (Å²) in [5.41, 5.74) is 0.869. The van der Waals surface area contributed by atoms with Crippen LogP contribution in [0, 0.1) is 0 Å². The van der Waals surface area contributed by atoms with Gasteiger partial charge in [0.2, 0.25) is 0 Å². The second-order valence-electron chi connectivity index (χ2n) is 14.2. The van der Waals surface area contributed by atoms with Gasteiger partial charge in [0.05, 0.1) is 36.5 Å². The van der Waals surface area contributed by atoms with E-state index in [4.69, 9.17) is 28.4 Å². The maximum atomic E-state index is 13.2. The standard InChI is InChI=1S/C48H60O9/c1-4-7-10-13-16-31-52-40-25-19-37(20-26-40)46(49)55-43-34-44(56-47(50)38-21-27-41(28-22-38)53-32-17-14-11-8-5-2)36-45(35-43)57-48(51)39-23-29-42(30-24-39)54-33-18-15-12-9-6-3/h19-30,34-36H,4-18,31-33H2,1-3H3. The summed E-state index contributed by atoms with van der Waals surface area (Å²) in [4.78, 5) is 39.7. The Kier molecular flexibility index (Phi) is 20.1. The van der Waals surface area contributed by atoms with Crippen molar-refractivity contribution in [1.82, 2.24) is 0 Å². The van der Waals surface area contributed by atoms with Gasteiger partial charge in [-0.15, -0.1) is 0 Å².